The van der Waals surface area contributed by atoms with Gasteiger partial charge in [0.25, 0.3) is 11.6 Å². The fraction of sp³-hybridized carbons (Fsp3) is 0.476. The number of aryl methyl sites for hydroxylation is 1. The molecule has 1 N–H and O–H groups in total. The van der Waals surface area contributed by atoms with E-state index in [9.17, 15) is 4.79 Å². The normalized spacial score (nSPS) is 19.4. The maximum atomic E-state index is 13.3. The highest BCUT2D eigenvalue weighted by atomic mass is 16.5. The highest BCUT2D eigenvalue weighted by molar-refractivity contribution is 6.06. The summed E-state index contributed by atoms with van der Waals surface area (Å²) in [6.45, 7) is 4.10. The number of nitrogens with one attached hydrogen (secondary N) is 1. The van der Waals surface area contributed by atoms with Crippen molar-refractivity contribution in [3.8, 4) is 0 Å². The summed E-state index contributed by atoms with van der Waals surface area (Å²) in [5, 5.41) is 8.16. The third-order valence-corrected chi connectivity index (χ3v) is 5.64. The average molecular weight is 365 g/mol. The average Bonchev–Trinajstić information content (AvgIpc) is 3.23. The van der Waals surface area contributed by atoms with Crippen LogP contribution >= 0.6 is 0 Å². The van der Waals surface area contributed by atoms with Crippen molar-refractivity contribution < 1.29 is 13.7 Å². The fourth-order valence-electron chi connectivity index (χ4n) is 4.03. The Hall–Kier alpha value is -2.63. The van der Waals surface area contributed by atoms with E-state index in [1.54, 1.807) is 6.26 Å². The second kappa shape index (κ2) is 6.22. The molecule has 3 heterocycles. The lowest BCUT2D eigenvalue weighted by molar-refractivity contribution is 0.0933. The monoisotopic (exact) mass is 365 g/mol. The number of amides is 1. The molecule has 0 spiro atoms. The van der Waals surface area contributed by atoms with Crippen molar-refractivity contribution >= 4 is 17.0 Å². The zero-order valence-corrected chi connectivity index (χ0v) is 15.6. The number of hydrogen-bond donors (Lipinski definition) is 1. The first-order valence-electron chi connectivity index (χ1n) is 9.79. The summed E-state index contributed by atoms with van der Waals surface area (Å²) in [5.74, 6) is 1.48. The zero-order valence-electron chi connectivity index (χ0n) is 15.6. The minimum atomic E-state index is -0.0894. The molecule has 3 aromatic heterocycles. The van der Waals surface area contributed by atoms with Gasteiger partial charge in [-0.25, -0.2) is 4.98 Å². The molecule has 0 radical (unpaired) electrons. The van der Waals surface area contributed by atoms with E-state index in [2.05, 4.69) is 15.5 Å². The molecule has 1 saturated carbocycles. The number of fused-ring (bicyclic) bond motifs is 2. The van der Waals surface area contributed by atoms with Gasteiger partial charge in [-0.3, -0.25) is 4.79 Å². The highest BCUT2D eigenvalue weighted by Gasteiger charge is 2.31. The molecular weight excluding hydrogens is 342 g/mol. The SMILES string of the molecule is CC(C)c1noc2nc(C3CC3)cc(C(=O)NC3CCCc4occc43)c12. The predicted octanol–water partition coefficient (Wildman–Crippen LogP) is 4.62. The van der Waals surface area contributed by atoms with Crippen LogP contribution in [0.3, 0.4) is 0 Å². The van der Waals surface area contributed by atoms with Crippen LogP contribution in [0, 0.1) is 0 Å². The third-order valence-electron chi connectivity index (χ3n) is 5.64. The van der Waals surface area contributed by atoms with Gasteiger partial charge >= 0.3 is 0 Å². The largest absolute Gasteiger partial charge is 0.469 e. The van der Waals surface area contributed by atoms with Gasteiger partial charge in [-0.1, -0.05) is 19.0 Å². The number of hydrogen-bond acceptors (Lipinski definition) is 5. The van der Waals surface area contributed by atoms with Crippen molar-refractivity contribution in [2.24, 2.45) is 0 Å². The highest BCUT2D eigenvalue weighted by Crippen LogP contribution is 2.41. The molecule has 5 rings (SSSR count). The van der Waals surface area contributed by atoms with Gasteiger partial charge in [0.15, 0.2) is 0 Å². The molecule has 0 aliphatic heterocycles. The van der Waals surface area contributed by atoms with Gasteiger partial charge in [0.1, 0.15) is 5.76 Å². The quantitative estimate of drug-likeness (QED) is 0.729. The Morgan fingerprint density at radius 3 is 2.93 bits per heavy atom. The van der Waals surface area contributed by atoms with Crippen molar-refractivity contribution in [1.82, 2.24) is 15.5 Å². The summed E-state index contributed by atoms with van der Waals surface area (Å²) in [4.78, 5) is 17.9. The van der Waals surface area contributed by atoms with Crippen molar-refractivity contribution in [2.45, 2.75) is 63.8 Å². The number of furan rings is 1. The molecule has 1 unspecified atom stereocenters. The molecule has 2 aliphatic rings. The topological polar surface area (TPSA) is 81.2 Å². The molecule has 0 saturated heterocycles. The van der Waals surface area contributed by atoms with E-state index in [0.29, 0.717) is 17.2 Å². The van der Waals surface area contributed by atoms with E-state index in [1.165, 1.54) is 0 Å². The summed E-state index contributed by atoms with van der Waals surface area (Å²) in [6, 6.07) is 3.89. The van der Waals surface area contributed by atoms with Crippen LogP contribution in [0.5, 0.6) is 0 Å². The molecule has 2 aliphatic carbocycles. The third kappa shape index (κ3) is 2.83. The van der Waals surface area contributed by atoms with Crippen molar-refractivity contribution in [3.05, 3.63) is 46.7 Å². The van der Waals surface area contributed by atoms with Crippen LogP contribution in [0.4, 0.5) is 0 Å². The first kappa shape index (κ1) is 16.5. The molecule has 1 fully saturated rings. The number of carbonyl (C=O) groups is 1. The molecule has 6 heteroatoms. The molecule has 0 aromatic carbocycles. The summed E-state index contributed by atoms with van der Waals surface area (Å²) in [6.07, 6.45) is 6.81. The fourth-order valence-corrected chi connectivity index (χ4v) is 4.03. The van der Waals surface area contributed by atoms with E-state index < -0.39 is 0 Å². The van der Waals surface area contributed by atoms with Crippen LogP contribution in [0.25, 0.3) is 11.1 Å². The smallest absolute Gasteiger partial charge is 0.259 e. The van der Waals surface area contributed by atoms with E-state index in [1.807, 2.05) is 26.0 Å². The van der Waals surface area contributed by atoms with Gasteiger partial charge in [0.2, 0.25) is 0 Å². The Labute approximate surface area is 157 Å². The van der Waals surface area contributed by atoms with E-state index >= 15 is 0 Å². The van der Waals surface area contributed by atoms with Crippen LogP contribution in [-0.2, 0) is 6.42 Å². The van der Waals surface area contributed by atoms with Crippen molar-refractivity contribution in [2.75, 3.05) is 0 Å². The molecule has 1 atom stereocenters. The minimum Gasteiger partial charge on any atom is -0.469 e. The molecule has 140 valence electrons. The van der Waals surface area contributed by atoms with Gasteiger partial charge < -0.3 is 14.3 Å². The lowest BCUT2D eigenvalue weighted by atomic mass is 9.93. The number of carbonyl (C=O) groups excluding carboxylic acids is 1. The lowest BCUT2D eigenvalue weighted by Gasteiger charge is -2.23. The van der Waals surface area contributed by atoms with Gasteiger partial charge in [-0.2, -0.15) is 0 Å². The van der Waals surface area contributed by atoms with Crippen molar-refractivity contribution in [3.63, 3.8) is 0 Å². The zero-order chi connectivity index (χ0) is 18.5. The summed E-state index contributed by atoms with van der Waals surface area (Å²) in [5.41, 5.74) is 3.92. The summed E-state index contributed by atoms with van der Waals surface area (Å²) < 4.78 is 11.1. The molecule has 1 amide bonds. The van der Waals surface area contributed by atoms with Crippen LogP contribution < -0.4 is 5.32 Å². The predicted molar refractivity (Wildman–Crippen MR) is 99.7 cm³/mol. The van der Waals surface area contributed by atoms with Crippen LogP contribution in [0.2, 0.25) is 0 Å². The number of aromatic nitrogens is 2. The van der Waals surface area contributed by atoms with E-state index in [0.717, 1.165) is 60.2 Å². The Morgan fingerprint density at radius 2 is 2.15 bits per heavy atom. The van der Waals surface area contributed by atoms with Gasteiger partial charge in [-0.15, -0.1) is 0 Å². The number of rotatable bonds is 4. The molecule has 0 bridgehead atoms. The molecule has 6 nitrogen and oxygen atoms in total. The summed E-state index contributed by atoms with van der Waals surface area (Å²) >= 11 is 0. The maximum Gasteiger partial charge on any atom is 0.259 e. The van der Waals surface area contributed by atoms with Crippen LogP contribution in [0.15, 0.2) is 27.3 Å². The van der Waals surface area contributed by atoms with Crippen molar-refractivity contribution in [1.29, 1.82) is 0 Å². The minimum absolute atomic E-state index is 0.0186. The Morgan fingerprint density at radius 1 is 1.30 bits per heavy atom. The first-order valence-corrected chi connectivity index (χ1v) is 9.79. The number of nitrogens with zero attached hydrogens (tertiary/aromatic N) is 2. The van der Waals surface area contributed by atoms with Gasteiger partial charge in [0, 0.05) is 23.6 Å². The van der Waals surface area contributed by atoms with Gasteiger partial charge in [0.05, 0.1) is 28.9 Å². The second-order valence-corrected chi connectivity index (χ2v) is 7.99. The maximum absolute atomic E-state index is 13.3. The molecular formula is C21H23N3O3. The molecule has 27 heavy (non-hydrogen) atoms. The lowest BCUT2D eigenvalue weighted by Crippen LogP contribution is -2.30. The number of pyridine rings is 1. The van der Waals surface area contributed by atoms with E-state index in [4.69, 9.17) is 8.94 Å². The van der Waals surface area contributed by atoms with Crippen LogP contribution in [0.1, 0.15) is 90.5 Å². The Balaban J connectivity index is 1.55. The van der Waals surface area contributed by atoms with Gasteiger partial charge in [-0.05, 0) is 43.7 Å². The standard InChI is InChI=1S/C21H23N3O3/c1-11(2)19-18-14(10-16(12-6-7-12)23-21(18)27-24-19)20(25)22-15-4-3-5-17-13(15)8-9-26-17/h8-12,15H,3-7H2,1-2H3,(H,22,25). The van der Waals surface area contributed by atoms with Crippen LogP contribution in [-0.4, -0.2) is 16.0 Å². The Bertz CT molecular complexity index is 1010. The second-order valence-electron chi connectivity index (χ2n) is 7.99. The summed E-state index contributed by atoms with van der Waals surface area (Å²) in [7, 11) is 0. The first-order chi connectivity index (χ1) is 13.1. The molecule has 3 aromatic rings. The van der Waals surface area contributed by atoms with E-state index in [-0.39, 0.29) is 17.9 Å². The Kier molecular flexibility index (Phi) is 3.81.